The molecule has 0 unspecified atom stereocenters. The van der Waals surface area contributed by atoms with E-state index in [0.29, 0.717) is 0 Å². The SMILES string of the molecule is CN1CCN(C2CCN(Cc3c[nH]c4ccccc34)CC2)CC1. The minimum absolute atomic E-state index is 0.808. The first kappa shape index (κ1) is 15.2. The summed E-state index contributed by atoms with van der Waals surface area (Å²) in [5.74, 6) is 0. The number of piperazine rings is 1. The van der Waals surface area contributed by atoms with Gasteiger partial charge in [0.25, 0.3) is 0 Å². The zero-order valence-corrected chi connectivity index (χ0v) is 14.2. The number of H-pyrrole nitrogens is 1. The first-order valence-corrected chi connectivity index (χ1v) is 8.99. The van der Waals surface area contributed by atoms with Crippen LogP contribution in [0.15, 0.2) is 30.5 Å². The molecule has 0 radical (unpaired) electrons. The number of likely N-dealkylation sites (N-methyl/N-ethyl adjacent to an activating group) is 1. The van der Waals surface area contributed by atoms with Crippen molar-refractivity contribution in [3.05, 3.63) is 36.0 Å². The molecule has 124 valence electrons. The van der Waals surface area contributed by atoms with Crippen LogP contribution < -0.4 is 0 Å². The van der Waals surface area contributed by atoms with Crippen LogP contribution in [0, 0.1) is 0 Å². The van der Waals surface area contributed by atoms with E-state index in [0.717, 1.165) is 12.6 Å². The lowest BCUT2D eigenvalue weighted by atomic mass is 10.0. The van der Waals surface area contributed by atoms with Gasteiger partial charge in [0.2, 0.25) is 0 Å². The number of hydrogen-bond acceptors (Lipinski definition) is 3. The quantitative estimate of drug-likeness (QED) is 0.942. The van der Waals surface area contributed by atoms with E-state index in [1.54, 1.807) is 0 Å². The summed E-state index contributed by atoms with van der Waals surface area (Å²) in [7, 11) is 2.24. The van der Waals surface area contributed by atoms with Crippen molar-refractivity contribution >= 4 is 10.9 Å². The van der Waals surface area contributed by atoms with Crippen molar-refractivity contribution in [2.45, 2.75) is 25.4 Å². The predicted octanol–water partition coefficient (Wildman–Crippen LogP) is 2.38. The van der Waals surface area contributed by atoms with Gasteiger partial charge in [0.15, 0.2) is 0 Å². The van der Waals surface area contributed by atoms with Crippen molar-refractivity contribution in [3.63, 3.8) is 0 Å². The Balaban J connectivity index is 1.33. The fourth-order valence-electron chi connectivity index (χ4n) is 4.13. The zero-order chi connectivity index (χ0) is 15.6. The zero-order valence-electron chi connectivity index (χ0n) is 14.2. The smallest absolute Gasteiger partial charge is 0.0457 e. The average Bonchev–Trinajstić information content (AvgIpc) is 3.00. The Labute approximate surface area is 139 Å². The molecule has 2 aliphatic rings. The summed E-state index contributed by atoms with van der Waals surface area (Å²) in [6, 6.07) is 9.45. The molecule has 2 aliphatic heterocycles. The van der Waals surface area contributed by atoms with Crippen LogP contribution in [-0.2, 0) is 6.54 Å². The highest BCUT2D eigenvalue weighted by molar-refractivity contribution is 5.82. The predicted molar refractivity (Wildman–Crippen MR) is 95.7 cm³/mol. The van der Waals surface area contributed by atoms with Crippen molar-refractivity contribution in [1.82, 2.24) is 19.7 Å². The number of fused-ring (bicyclic) bond motifs is 1. The molecule has 2 saturated heterocycles. The van der Waals surface area contributed by atoms with E-state index >= 15 is 0 Å². The summed E-state index contributed by atoms with van der Waals surface area (Å²) in [4.78, 5) is 11.2. The number of likely N-dealkylation sites (tertiary alicyclic amines) is 1. The summed E-state index contributed by atoms with van der Waals surface area (Å²) in [5.41, 5.74) is 2.70. The van der Waals surface area contributed by atoms with E-state index in [-0.39, 0.29) is 0 Å². The Kier molecular flexibility index (Phi) is 4.38. The lowest BCUT2D eigenvalue weighted by molar-refractivity contribution is 0.0659. The van der Waals surface area contributed by atoms with Gasteiger partial charge in [-0.05, 0) is 44.6 Å². The number of aromatic nitrogens is 1. The topological polar surface area (TPSA) is 25.5 Å². The van der Waals surface area contributed by atoms with Gasteiger partial charge in [-0.25, -0.2) is 0 Å². The van der Waals surface area contributed by atoms with Gasteiger partial charge in [-0.3, -0.25) is 9.80 Å². The van der Waals surface area contributed by atoms with E-state index < -0.39 is 0 Å². The first-order valence-electron chi connectivity index (χ1n) is 8.99. The molecule has 3 heterocycles. The van der Waals surface area contributed by atoms with E-state index in [9.17, 15) is 0 Å². The molecule has 4 heteroatoms. The number of nitrogens with one attached hydrogen (secondary N) is 1. The van der Waals surface area contributed by atoms with Crippen LogP contribution in [0.5, 0.6) is 0 Å². The third-order valence-electron chi connectivity index (χ3n) is 5.68. The van der Waals surface area contributed by atoms with Gasteiger partial charge in [0, 0.05) is 55.9 Å². The molecule has 2 aromatic rings. The monoisotopic (exact) mass is 312 g/mol. The highest BCUT2D eigenvalue weighted by atomic mass is 15.3. The van der Waals surface area contributed by atoms with Crippen LogP contribution in [0.25, 0.3) is 10.9 Å². The number of hydrogen-bond donors (Lipinski definition) is 1. The van der Waals surface area contributed by atoms with Crippen LogP contribution >= 0.6 is 0 Å². The Morgan fingerprint density at radius 2 is 1.74 bits per heavy atom. The van der Waals surface area contributed by atoms with E-state index in [4.69, 9.17) is 0 Å². The van der Waals surface area contributed by atoms with Crippen LogP contribution in [0.4, 0.5) is 0 Å². The molecule has 2 fully saturated rings. The van der Waals surface area contributed by atoms with Gasteiger partial charge in [-0.1, -0.05) is 18.2 Å². The minimum atomic E-state index is 0.808. The fraction of sp³-hybridized carbons (Fsp3) is 0.579. The molecule has 0 amide bonds. The van der Waals surface area contributed by atoms with Crippen LogP contribution in [0.1, 0.15) is 18.4 Å². The van der Waals surface area contributed by atoms with Gasteiger partial charge in [-0.2, -0.15) is 0 Å². The molecule has 0 aliphatic carbocycles. The fourth-order valence-corrected chi connectivity index (χ4v) is 4.13. The first-order chi connectivity index (χ1) is 11.3. The van der Waals surface area contributed by atoms with Gasteiger partial charge < -0.3 is 9.88 Å². The lowest BCUT2D eigenvalue weighted by Gasteiger charge is -2.42. The molecule has 0 spiro atoms. The maximum Gasteiger partial charge on any atom is 0.0457 e. The van der Waals surface area contributed by atoms with Crippen LogP contribution in [0.2, 0.25) is 0 Å². The van der Waals surface area contributed by atoms with E-state index in [1.165, 1.54) is 68.6 Å². The second-order valence-electron chi connectivity index (χ2n) is 7.21. The number of aromatic amines is 1. The normalized spacial score (nSPS) is 22.8. The lowest BCUT2D eigenvalue weighted by Crippen LogP contribution is -2.52. The van der Waals surface area contributed by atoms with E-state index in [2.05, 4.69) is 57.2 Å². The Morgan fingerprint density at radius 3 is 2.52 bits per heavy atom. The van der Waals surface area contributed by atoms with Crippen molar-refractivity contribution < 1.29 is 0 Å². The van der Waals surface area contributed by atoms with Crippen LogP contribution in [0.3, 0.4) is 0 Å². The highest BCUT2D eigenvalue weighted by Gasteiger charge is 2.26. The number of nitrogens with zero attached hydrogens (tertiary/aromatic N) is 3. The van der Waals surface area contributed by atoms with Crippen molar-refractivity contribution in [1.29, 1.82) is 0 Å². The Hall–Kier alpha value is -1.36. The molecule has 4 rings (SSSR count). The molecule has 4 nitrogen and oxygen atoms in total. The molecule has 0 atom stereocenters. The van der Waals surface area contributed by atoms with Crippen molar-refractivity contribution in [3.8, 4) is 0 Å². The summed E-state index contributed by atoms with van der Waals surface area (Å²) in [6.07, 6.45) is 4.84. The van der Waals surface area contributed by atoms with E-state index in [1.807, 2.05) is 0 Å². The molecule has 1 aromatic carbocycles. The summed E-state index contributed by atoms with van der Waals surface area (Å²) in [5, 5.41) is 1.38. The number of piperidine rings is 1. The summed E-state index contributed by atoms with van der Waals surface area (Å²) >= 11 is 0. The minimum Gasteiger partial charge on any atom is -0.361 e. The van der Waals surface area contributed by atoms with Crippen molar-refractivity contribution in [2.24, 2.45) is 0 Å². The molecule has 1 N–H and O–H groups in total. The van der Waals surface area contributed by atoms with Crippen LogP contribution in [-0.4, -0.2) is 72.0 Å². The third kappa shape index (κ3) is 3.30. The average molecular weight is 312 g/mol. The molecular formula is C19H28N4. The molecule has 0 bridgehead atoms. The number of para-hydroxylation sites is 1. The number of benzene rings is 1. The summed E-state index contributed by atoms with van der Waals surface area (Å²) < 4.78 is 0. The highest BCUT2D eigenvalue weighted by Crippen LogP contribution is 2.23. The Bertz CT molecular complexity index is 634. The summed E-state index contributed by atoms with van der Waals surface area (Å²) in [6.45, 7) is 8.52. The molecule has 1 aromatic heterocycles. The third-order valence-corrected chi connectivity index (χ3v) is 5.68. The van der Waals surface area contributed by atoms with Crippen molar-refractivity contribution in [2.75, 3.05) is 46.3 Å². The maximum atomic E-state index is 3.40. The second kappa shape index (κ2) is 6.63. The maximum absolute atomic E-state index is 3.40. The van der Waals surface area contributed by atoms with Gasteiger partial charge in [0.05, 0.1) is 0 Å². The van der Waals surface area contributed by atoms with Gasteiger partial charge in [0.1, 0.15) is 0 Å². The molecule has 23 heavy (non-hydrogen) atoms. The molecular weight excluding hydrogens is 284 g/mol. The standard InChI is InChI=1S/C19H28N4/c1-21-10-12-23(13-11-21)17-6-8-22(9-7-17)15-16-14-20-19-5-3-2-4-18(16)19/h2-5,14,17,20H,6-13,15H2,1H3. The number of rotatable bonds is 3. The van der Waals surface area contributed by atoms with Gasteiger partial charge in [-0.15, -0.1) is 0 Å². The van der Waals surface area contributed by atoms with Gasteiger partial charge >= 0.3 is 0 Å². The largest absolute Gasteiger partial charge is 0.361 e. The molecule has 0 saturated carbocycles. The Morgan fingerprint density at radius 1 is 1.00 bits per heavy atom. The second-order valence-corrected chi connectivity index (χ2v) is 7.21.